The van der Waals surface area contributed by atoms with Crippen molar-refractivity contribution in [3.05, 3.63) is 0 Å². The van der Waals surface area contributed by atoms with Crippen LogP contribution in [-0.4, -0.2) is 24.1 Å². The smallest absolute Gasteiger partial charge is 0.327 e. The first-order valence-electron chi connectivity index (χ1n) is 7.19. The number of carbonyl (C=O) groups is 2. The Morgan fingerprint density at radius 3 is 2.68 bits per heavy atom. The summed E-state index contributed by atoms with van der Waals surface area (Å²) in [6, 6.07) is 2.15. The zero-order valence-electron chi connectivity index (χ0n) is 12.0. The zero-order valence-corrected chi connectivity index (χ0v) is 12.0. The highest BCUT2D eigenvalue weighted by Crippen LogP contribution is 2.62. The van der Waals surface area contributed by atoms with Gasteiger partial charge in [-0.2, -0.15) is 5.26 Å². The minimum Gasteiger partial charge on any atom is -0.458 e. The van der Waals surface area contributed by atoms with E-state index in [9.17, 15) is 14.9 Å². The SMILES string of the molecule is C.C.CCC(C)(C)C(=O)OC1C2CC3C1OC(=O)C3(C#N)C2. The molecule has 1 saturated heterocycles. The molecule has 3 fully saturated rings. The van der Waals surface area contributed by atoms with Gasteiger partial charge in [-0.25, -0.2) is 0 Å². The molecular formula is C17H27NO4. The van der Waals surface area contributed by atoms with Crippen molar-refractivity contribution in [2.24, 2.45) is 22.7 Å². The number of rotatable bonds is 3. The Labute approximate surface area is 133 Å². The van der Waals surface area contributed by atoms with E-state index < -0.39 is 22.9 Å². The molecule has 0 radical (unpaired) electrons. The fourth-order valence-electron chi connectivity index (χ4n) is 3.72. The molecule has 0 amide bonds. The third-order valence-corrected chi connectivity index (χ3v) is 5.45. The Morgan fingerprint density at radius 2 is 2.14 bits per heavy atom. The molecule has 5 nitrogen and oxygen atoms in total. The molecule has 3 rings (SSSR count). The van der Waals surface area contributed by atoms with E-state index in [4.69, 9.17) is 9.47 Å². The van der Waals surface area contributed by atoms with E-state index in [1.54, 1.807) is 0 Å². The summed E-state index contributed by atoms with van der Waals surface area (Å²) >= 11 is 0. The molecule has 5 heteroatoms. The van der Waals surface area contributed by atoms with Crippen LogP contribution in [0.4, 0.5) is 0 Å². The minimum atomic E-state index is -0.974. The van der Waals surface area contributed by atoms with E-state index in [-0.39, 0.29) is 38.8 Å². The Morgan fingerprint density at radius 1 is 1.50 bits per heavy atom. The van der Waals surface area contributed by atoms with Gasteiger partial charge in [-0.05, 0) is 33.1 Å². The topological polar surface area (TPSA) is 76.4 Å². The van der Waals surface area contributed by atoms with Gasteiger partial charge >= 0.3 is 11.9 Å². The van der Waals surface area contributed by atoms with Crippen molar-refractivity contribution in [3.8, 4) is 6.07 Å². The number of nitriles is 1. The number of nitrogens with zero attached hydrogens (tertiary/aromatic N) is 1. The largest absolute Gasteiger partial charge is 0.458 e. The number of fused-ring (bicyclic) bond motifs is 1. The average Bonchev–Trinajstić information content (AvgIpc) is 3.00. The van der Waals surface area contributed by atoms with E-state index in [2.05, 4.69) is 6.07 Å². The van der Waals surface area contributed by atoms with E-state index in [1.165, 1.54) is 0 Å². The van der Waals surface area contributed by atoms with Gasteiger partial charge < -0.3 is 9.47 Å². The summed E-state index contributed by atoms with van der Waals surface area (Å²) in [6.07, 6.45) is 1.12. The van der Waals surface area contributed by atoms with Gasteiger partial charge in [-0.3, -0.25) is 9.59 Å². The van der Waals surface area contributed by atoms with Crippen LogP contribution in [0, 0.1) is 34.0 Å². The Kier molecular flexibility index (Phi) is 4.68. The zero-order chi connectivity index (χ0) is 14.7. The maximum Gasteiger partial charge on any atom is 0.327 e. The van der Waals surface area contributed by atoms with Gasteiger partial charge in [-0.15, -0.1) is 0 Å². The molecule has 5 unspecified atom stereocenters. The molecule has 3 aliphatic rings. The second kappa shape index (κ2) is 5.57. The standard InChI is InChI=1S/C15H19NO4.2CH4/c1-4-14(2,3)12(17)19-10-8-5-9-11(10)20-13(18)15(9,6-8)7-16;;/h8-11H,4-6H2,1-3H3;2*1H4. The molecule has 0 aromatic heterocycles. The van der Waals surface area contributed by atoms with Gasteiger partial charge in [0.15, 0.2) is 5.41 Å². The van der Waals surface area contributed by atoms with Crippen LogP contribution >= 0.6 is 0 Å². The maximum atomic E-state index is 12.2. The molecule has 2 saturated carbocycles. The first-order chi connectivity index (χ1) is 9.35. The average molecular weight is 309 g/mol. The number of esters is 2. The minimum absolute atomic E-state index is 0. The van der Waals surface area contributed by atoms with Crippen molar-refractivity contribution in [2.75, 3.05) is 0 Å². The van der Waals surface area contributed by atoms with Crippen molar-refractivity contribution in [1.82, 2.24) is 0 Å². The highest BCUT2D eigenvalue weighted by Gasteiger charge is 2.72. The molecule has 1 heterocycles. The van der Waals surface area contributed by atoms with Crippen LogP contribution in [0.1, 0.15) is 54.9 Å². The molecule has 22 heavy (non-hydrogen) atoms. The summed E-state index contributed by atoms with van der Waals surface area (Å²) in [4.78, 5) is 24.2. The summed E-state index contributed by atoms with van der Waals surface area (Å²) in [7, 11) is 0. The normalized spacial score (nSPS) is 37.6. The molecule has 5 atom stereocenters. The van der Waals surface area contributed by atoms with Crippen LogP contribution in [0.2, 0.25) is 0 Å². The molecular weight excluding hydrogens is 282 g/mol. The van der Waals surface area contributed by atoms with Crippen molar-refractivity contribution in [1.29, 1.82) is 5.26 Å². The molecule has 0 aromatic carbocycles. The molecule has 0 aromatic rings. The summed E-state index contributed by atoms with van der Waals surface area (Å²) in [6.45, 7) is 5.64. The molecule has 1 aliphatic heterocycles. The summed E-state index contributed by atoms with van der Waals surface area (Å²) in [5, 5.41) is 9.31. The fourth-order valence-corrected chi connectivity index (χ4v) is 3.72. The van der Waals surface area contributed by atoms with Crippen LogP contribution in [0.5, 0.6) is 0 Å². The third-order valence-electron chi connectivity index (χ3n) is 5.45. The van der Waals surface area contributed by atoms with Gasteiger partial charge in [0.1, 0.15) is 12.2 Å². The van der Waals surface area contributed by atoms with E-state index in [1.807, 2.05) is 20.8 Å². The van der Waals surface area contributed by atoms with Gasteiger partial charge in [-0.1, -0.05) is 21.8 Å². The predicted molar refractivity (Wildman–Crippen MR) is 81.6 cm³/mol. The fraction of sp³-hybridized carbons (Fsp3) is 0.824. The number of hydrogen-bond acceptors (Lipinski definition) is 5. The summed E-state index contributed by atoms with van der Waals surface area (Å²) in [5.74, 6) is -0.700. The summed E-state index contributed by atoms with van der Waals surface area (Å²) < 4.78 is 11.0. The second-order valence-electron chi connectivity index (χ2n) is 6.87. The van der Waals surface area contributed by atoms with E-state index in [0.717, 1.165) is 6.42 Å². The van der Waals surface area contributed by atoms with Gasteiger partial charge in [0.05, 0.1) is 11.5 Å². The Hall–Kier alpha value is -1.57. The number of ether oxygens (including phenoxy) is 2. The quantitative estimate of drug-likeness (QED) is 0.749. The lowest BCUT2D eigenvalue weighted by atomic mass is 9.74. The van der Waals surface area contributed by atoms with E-state index in [0.29, 0.717) is 12.8 Å². The third kappa shape index (κ3) is 2.12. The lowest BCUT2D eigenvalue weighted by molar-refractivity contribution is -0.170. The lowest BCUT2D eigenvalue weighted by Crippen LogP contribution is -2.42. The first-order valence-corrected chi connectivity index (χ1v) is 7.19. The lowest BCUT2D eigenvalue weighted by Gasteiger charge is -2.30. The van der Waals surface area contributed by atoms with Gasteiger partial charge in [0.25, 0.3) is 0 Å². The molecule has 2 aliphatic carbocycles. The summed E-state index contributed by atoms with van der Waals surface area (Å²) in [5.41, 5.74) is -1.50. The predicted octanol–water partition coefficient (Wildman–Crippen LogP) is 3.08. The molecule has 124 valence electrons. The van der Waals surface area contributed by atoms with E-state index >= 15 is 0 Å². The van der Waals surface area contributed by atoms with Crippen molar-refractivity contribution in [2.45, 2.75) is 67.1 Å². The van der Waals surface area contributed by atoms with Crippen LogP contribution < -0.4 is 0 Å². The number of carbonyl (C=O) groups excluding carboxylic acids is 2. The highest BCUT2D eigenvalue weighted by molar-refractivity contribution is 5.84. The highest BCUT2D eigenvalue weighted by atomic mass is 16.6. The maximum absolute atomic E-state index is 12.2. The molecule has 0 spiro atoms. The Balaban J connectivity index is 0.00000121. The molecule has 0 N–H and O–H groups in total. The molecule has 2 bridgehead atoms. The van der Waals surface area contributed by atoms with Crippen molar-refractivity contribution in [3.63, 3.8) is 0 Å². The van der Waals surface area contributed by atoms with Gasteiger partial charge in [0, 0.05) is 11.8 Å². The van der Waals surface area contributed by atoms with Crippen molar-refractivity contribution >= 4 is 11.9 Å². The van der Waals surface area contributed by atoms with Crippen LogP contribution in [0.25, 0.3) is 0 Å². The first kappa shape index (κ1) is 18.5. The van der Waals surface area contributed by atoms with Crippen LogP contribution in [0.15, 0.2) is 0 Å². The van der Waals surface area contributed by atoms with Gasteiger partial charge in [0.2, 0.25) is 0 Å². The second-order valence-corrected chi connectivity index (χ2v) is 6.87. The monoisotopic (exact) mass is 309 g/mol. The number of hydrogen-bond donors (Lipinski definition) is 0. The van der Waals surface area contributed by atoms with Crippen LogP contribution in [0.3, 0.4) is 0 Å². The van der Waals surface area contributed by atoms with Crippen LogP contribution in [-0.2, 0) is 19.1 Å². The Bertz CT molecular complexity index is 521. The van der Waals surface area contributed by atoms with Crippen molar-refractivity contribution < 1.29 is 19.1 Å².